The molecule has 3 heteroatoms. The number of esters is 1. The van der Waals surface area contributed by atoms with E-state index < -0.39 is 6.10 Å². The van der Waals surface area contributed by atoms with Crippen LogP contribution in [0.2, 0.25) is 0 Å². The van der Waals surface area contributed by atoms with Gasteiger partial charge in [-0.2, -0.15) is 0 Å². The third-order valence-electron chi connectivity index (χ3n) is 5.84. The topological polar surface area (TPSA) is 46.5 Å². The predicted octanol–water partition coefficient (Wildman–Crippen LogP) is 4.73. The molecule has 0 heterocycles. The van der Waals surface area contributed by atoms with Crippen molar-refractivity contribution in [3.8, 4) is 0 Å². The Labute approximate surface area is 145 Å². The molecular formula is C21H30O3. The molecule has 0 radical (unpaired) electrons. The monoisotopic (exact) mass is 330 g/mol. The largest absolute Gasteiger partial charge is 0.456 e. The molecule has 0 saturated heterocycles. The Kier molecular flexibility index (Phi) is 6.30. The summed E-state index contributed by atoms with van der Waals surface area (Å²) < 4.78 is 5.90. The first-order chi connectivity index (χ1) is 11.8. The van der Waals surface area contributed by atoms with Crippen LogP contribution < -0.4 is 0 Å². The Morgan fingerprint density at radius 3 is 2.00 bits per heavy atom. The summed E-state index contributed by atoms with van der Waals surface area (Å²) in [6.45, 7) is 0. The van der Waals surface area contributed by atoms with Crippen LogP contribution in [0.25, 0.3) is 0 Å². The van der Waals surface area contributed by atoms with Gasteiger partial charge in [-0.15, -0.1) is 0 Å². The second-order valence-electron chi connectivity index (χ2n) is 7.52. The lowest BCUT2D eigenvalue weighted by Gasteiger charge is -2.37. The molecule has 0 amide bonds. The Bertz CT molecular complexity index is 501. The molecule has 0 unspecified atom stereocenters. The van der Waals surface area contributed by atoms with Crippen molar-refractivity contribution in [3.63, 3.8) is 0 Å². The molecule has 2 saturated carbocycles. The normalized spacial score (nSPS) is 22.7. The van der Waals surface area contributed by atoms with E-state index in [2.05, 4.69) is 0 Å². The molecule has 24 heavy (non-hydrogen) atoms. The standard InChI is InChI=1S/C21H30O3/c22-19(16-10-4-1-5-11-16)20(17-12-6-2-7-13-17)24-21(23)18-14-8-3-9-15-18/h3,8-9,14-17,19-20,22H,1-2,4-7,10-13H2/t19-,20-/m0/s1. The van der Waals surface area contributed by atoms with E-state index in [1.54, 1.807) is 12.1 Å². The fraction of sp³-hybridized carbons (Fsp3) is 0.667. The highest BCUT2D eigenvalue weighted by Crippen LogP contribution is 2.35. The van der Waals surface area contributed by atoms with Crippen LogP contribution in [0.15, 0.2) is 30.3 Å². The fourth-order valence-electron chi connectivity index (χ4n) is 4.42. The van der Waals surface area contributed by atoms with E-state index in [0.717, 1.165) is 25.7 Å². The first-order valence-corrected chi connectivity index (χ1v) is 9.70. The number of ether oxygens (including phenoxy) is 1. The Morgan fingerprint density at radius 2 is 1.42 bits per heavy atom. The lowest BCUT2D eigenvalue weighted by molar-refractivity contribution is -0.0763. The molecule has 2 fully saturated rings. The molecule has 2 aliphatic rings. The third-order valence-corrected chi connectivity index (χ3v) is 5.84. The summed E-state index contributed by atoms with van der Waals surface area (Å²) in [5.74, 6) is 0.304. The summed E-state index contributed by atoms with van der Waals surface area (Å²) in [6, 6.07) is 9.17. The van der Waals surface area contributed by atoms with Crippen molar-refractivity contribution >= 4 is 5.97 Å². The fourth-order valence-corrected chi connectivity index (χ4v) is 4.42. The van der Waals surface area contributed by atoms with Gasteiger partial charge >= 0.3 is 5.97 Å². The van der Waals surface area contributed by atoms with E-state index in [4.69, 9.17) is 4.74 Å². The van der Waals surface area contributed by atoms with Gasteiger partial charge < -0.3 is 9.84 Å². The maximum Gasteiger partial charge on any atom is 0.338 e. The van der Waals surface area contributed by atoms with Gasteiger partial charge in [-0.3, -0.25) is 0 Å². The van der Waals surface area contributed by atoms with E-state index in [1.165, 1.54) is 38.5 Å². The van der Waals surface area contributed by atoms with Gasteiger partial charge in [0.25, 0.3) is 0 Å². The van der Waals surface area contributed by atoms with E-state index in [9.17, 15) is 9.90 Å². The zero-order chi connectivity index (χ0) is 16.8. The Morgan fingerprint density at radius 1 is 0.875 bits per heavy atom. The van der Waals surface area contributed by atoms with Gasteiger partial charge in [0.1, 0.15) is 6.10 Å². The van der Waals surface area contributed by atoms with Crippen LogP contribution in [0.1, 0.15) is 74.6 Å². The predicted molar refractivity (Wildman–Crippen MR) is 94.8 cm³/mol. The van der Waals surface area contributed by atoms with Crippen molar-refractivity contribution < 1.29 is 14.6 Å². The number of hydrogen-bond donors (Lipinski definition) is 1. The number of benzene rings is 1. The Balaban J connectivity index is 1.72. The van der Waals surface area contributed by atoms with Gasteiger partial charge in [0, 0.05) is 0 Å². The summed E-state index contributed by atoms with van der Waals surface area (Å²) >= 11 is 0. The van der Waals surface area contributed by atoms with Crippen molar-refractivity contribution in [2.75, 3.05) is 0 Å². The van der Waals surface area contributed by atoms with Crippen molar-refractivity contribution in [1.29, 1.82) is 0 Å². The van der Waals surface area contributed by atoms with Gasteiger partial charge in [0.05, 0.1) is 11.7 Å². The van der Waals surface area contributed by atoms with E-state index in [1.807, 2.05) is 18.2 Å². The van der Waals surface area contributed by atoms with Crippen LogP contribution in [-0.4, -0.2) is 23.3 Å². The van der Waals surface area contributed by atoms with Gasteiger partial charge in [-0.25, -0.2) is 4.79 Å². The highest BCUT2D eigenvalue weighted by atomic mass is 16.6. The van der Waals surface area contributed by atoms with Gasteiger partial charge in [0.15, 0.2) is 0 Å². The minimum Gasteiger partial charge on any atom is -0.456 e. The lowest BCUT2D eigenvalue weighted by Crippen LogP contribution is -2.43. The average Bonchev–Trinajstić information content (AvgIpc) is 2.67. The van der Waals surface area contributed by atoms with Crippen molar-refractivity contribution in [2.45, 2.75) is 76.4 Å². The molecular weight excluding hydrogens is 300 g/mol. The van der Waals surface area contributed by atoms with E-state index in [-0.39, 0.29) is 18.0 Å². The number of aliphatic hydroxyl groups excluding tert-OH is 1. The molecule has 3 nitrogen and oxygen atoms in total. The molecule has 1 aromatic rings. The number of aliphatic hydroxyl groups is 1. The smallest absolute Gasteiger partial charge is 0.338 e. The Hall–Kier alpha value is -1.35. The molecule has 0 aromatic heterocycles. The molecule has 0 bridgehead atoms. The first-order valence-electron chi connectivity index (χ1n) is 9.70. The number of carbonyl (C=O) groups excluding carboxylic acids is 1. The van der Waals surface area contributed by atoms with Gasteiger partial charge in [-0.1, -0.05) is 56.7 Å². The molecule has 132 valence electrons. The van der Waals surface area contributed by atoms with Crippen molar-refractivity contribution in [1.82, 2.24) is 0 Å². The molecule has 0 aliphatic heterocycles. The molecule has 1 aromatic carbocycles. The SMILES string of the molecule is O=C(O[C@@H](C1CCCCC1)[C@@H](O)C1CCCCC1)c1ccccc1. The number of carbonyl (C=O) groups is 1. The van der Waals surface area contributed by atoms with Crippen LogP contribution >= 0.6 is 0 Å². The van der Waals surface area contributed by atoms with E-state index in [0.29, 0.717) is 11.5 Å². The zero-order valence-electron chi connectivity index (χ0n) is 14.5. The zero-order valence-corrected chi connectivity index (χ0v) is 14.5. The van der Waals surface area contributed by atoms with Crippen LogP contribution in [0.3, 0.4) is 0 Å². The van der Waals surface area contributed by atoms with Crippen LogP contribution in [0.4, 0.5) is 0 Å². The summed E-state index contributed by atoms with van der Waals surface area (Å²) in [5, 5.41) is 11.0. The minimum atomic E-state index is -0.513. The average molecular weight is 330 g/mol. The maximum absolute atomic E-state index is 12.6. The molecule has 1 N–H and O–H groups in total. The highest BCUT2D eigenvalue weighted by molar-refractivity contribution is 5.89. The molecule has 2 atom stereocenters. The van der Waals surface area contributed by atoms with Gasteiger partial charge in [0.2, 0.25) is 0 Å². The van der Waals surface area contributed by atoms with Crippen LogP contribution in [-0.2, 0) is 4.74 Å². The summed E-state index contributed by atoms with van der Waals surface area (Å²) in [5.41, 5.74) is 0.578. The summed E-state index contributed by atoms with van der Waals surface area (Å²) in [7, 11) is 0. The highest BCUT2D eigenvalue weighted by Gasteiger charge is 2.37. The molecule has 3 rings (SSSR count). The molecule has 2 aliphatic carbocycles. The second-order valence-corrected chi connectivity index (χ2v) is 7.52. The summed E-state index contributed by atoms with van der Waals surface area (Å²) in [6.07, 6.45) is 10.7. The number of rotatable bonds is 5. The second kappa shape index (κ2) is 8.66. The number of hydrogen-bond acceptors (Lipinski definition) is 3. The quantitative estimate of drug-likeness (QED) is 0.794. The van der Waals surface area contributed by atoms with Crippen LogP contribution in [0.5, 0.6) is 0 Å². The van der Waals surface area contributed by atoms with Crippen molar-refractivity contribution in [3.05, 3.63) is 35.9 Å². The maximum atomic E-state index is 12.6. The minimum absolute atomic E-state index is 0.286. The molecule has 0 spiro atoms. The van der Waals surface area contributed by atoms with Crippen LogP contribution in [0, 0.1) is 11.8 Å². The first kappa shape index (κ1) is 17.5. The summed E-state index contributed by atoms with van der Waals surface area (Å²) in [4.78, 5) is 12.6. The third kappa shape index (κ3) is 4.38. The lowest BCUT2D eigenvalue weighted by atomic mass is 9.76. The van der Waals surface area contributed by atoms with Crippen molar-refractivity contribution in [2.24, 2.45) is 11.8 Å². The van der Waals surface area contributed by atoms with E-state index >= 15 is 0 Å². The van der Waals surface area contributed by atoms with Gasteiger partial charge in [-0.05, 0) is 49.7 Å².